The molecule has 1 atom stereocenters. The molecule has 0 radical (unpaired) electrons. The number of ether oxygens (including phenoxy) is 1. The van der Waals surface area contributed by atoms with Crippen molar-refractivity contribution in [1.29, 1.82) is 0 Å². The normalized spacial score (nSPS) is 18.7. The molecule has 0 spiro atoms. The Morgan fingerprint density at radius 1 is 1.17 bits per heavy atom. The van der Waals surface area contributed by atoms with Gasteiger partial charge in [-0.15, -0.1) is 0 Å². The summed E-state index contributed by atoms with van der Waals surface area (Å²) < 4.78 is 5.37. The number of methoxy groups -OCH3 is 1. The van der Waals surface area contributed by atoms with Crippen LogP contribution in [0.15, 0.2) is 30.3 Å². The lowest BCUT2D eigenvalue weighted by molar-refractivity contribution is -0.144. The van der Waals surface area contributed by atoms with E-state index in [-0.39, 0.29) is 5.91 Å². The molecule has 1 saturated heterocycles. The molecule has 4 nitrogen and oxygen atoms in total. The fourth-order valence-corrected chi connectivity index (χ4v) is 2.20. The summed E-state index contributed by atoms with van der Waals surface area (Å²) in [5, 5.41) is 0. The van der Waals surface area contributed by atoms with Crippen molar-refractivity contribution in [1.82, 2.24) is 9.80 Å². The van der Waals surface area contributed by atoms with Crippen molar-refractivity contribution in [2.45, 2.75) is 6.10 Å². The lowest BCUT2D eigenvalue weighted by atomic mass is 10.1. The molecule has 98 valence electrons. The second-order valence-corrected chi connectivity index (χ2v) is 4.65. The van der Waals surface area contributed by atoms with Crippen LogP contribution in [0.2, 0.25) is 0 Å². The number of carbonyl (C=O) groups is 1. The van der Waals surface area contributed by atoms with E-state index in [9.17, 15) is 4.79 Å². The number of rotatable bonds is 3. The van der Waals surface area contributed by atoms with E-state index < -0.39 is 6.10 Å². The maximum Gasteiger partial charge on any atom is 0.256 e. The van der Waals surface area contributed by atoms with Crippen LogP contribution in [0.25, 0.3) is 0 Å². The van der Waals surface area contributed by atoms with Gasteiger partial charge in [0.2, 0.25) is 0 Å². The van der Waals surface area contributed by atoms with Gasteiger partial charge in [0.05, 0.1) is 0 Å². The minimum Gasteiger partial charge on any atom is -0.367 e. The molecule has 1 aromatic rings. The van der Waals surface area contributed by atoms with Crippen LogP contribution in [-0.4, -0.2) is 56.0 Å². The zero-order valence-corrected chi connectivity index (χ0v) is 11.0. The lowest BCUT2D eigenvalue weighted by Gasteiger charge is -2.34. The Morgan fingerprint density at radius 2 is 1.78 bits per heavy atom. The summed E-state index contributed by atoms with van der Waals surface area (Å²) in [6.07, 6.45) is -0.477. The Bertz CT molecular complexity index is 386. The number of amides is 1. The minimum absolute atomic E-state index is 0.0665. The topological polar surface area (TPSA) is 32.8 Å². The van der Waals surface area contributed by atoms with Gasteiger partial charge < -0.3 is 14.5 Å². The van der Waals surface area contributed by atoms with E-state index in [2.05, 4.69) is 11.9 Å². The standard InChI is InChI=1S/C14H20N2O2/c1-15-8-10-16(11-9-15)14(17)13(18-2)12-6-4-3-5-7-12/h3-7,13H,8-11H2,1-2H3/t13-/m0/s1. The molecule has 1 fully saturated rings. The summed E-state index contributed by atoms with van der Waals surface area (Å²) in [4.78, 5) is 16.5. The SMILES string of the molecule is CO[C@H](C(=O)N1CCN(C)CC1)c1ccccc1. The van der Waals surface area contributed by atoms with Crippen molar-refractivity contribution >= 4 is 5.91 Å². The summed E-state index contributed by atoms with van der Waals surface area (Å²) in [6.45, 7) is 3.41. The molecule has 2 rings (SSSR count). The minimum atomic E-state index is -0.477. The number of hydrogen-bond acceptors (Lipinski definition) is 3. The Balaban J connectivity index is 2.06. The van der Waals surface area contributed by atoms with Crippen molar-refractivity contribution < 1.29 is 9.53 Å². The van der Waals surface area contributed by atoms with Gasteiger partial charge in [-0.1, -0.05) is 30.3 Å². The third-order valence-electron chi connectivity index (χ3n) is 3.38. The molecule has 0 N–H and O–H groups in total. The third-order valence-corrected chi connectivity index (χ3v) is 3.38. The zero-order chi connectivity index (χ0) is 13.0. The number of hydrogen-bond donors (Lipinski definition) is 0. The van der Waals surface area contributed by atoms with Crippen LogP contribution >= 0.6 is 0 Å². The molecular formula is C14H20N2O2. The van der Waals surface area contributed by atoms with E-state index >= 15 is 0 Å². The van der Waals surface area contributed by atoms with Crippen molar-refractivity contribution in [2.24, 2.45) is 0 Å². The van der Waals surface area contributed by atoms with Crippen molar-refractivity contribution in [3.05, 3.63) is 35.9 Å². The van der Waals surface area contributed by atoms with Crippen LogP contribution in [0, 0.1) is 0 Å². The van der Waals surface area contributed by atoms with Crippen molar-refractivity contribution in [3.63, 3.8) is 0 Å². The Kier molecular flexibility index (Phi) is 4.33. The molecule has 1 heterocycles. The van der Waals surface area contributed by atoms with E-state index in [0.717, 1.165) is 31.7 Å². The average Bonchev–Trinajstić information content (AvgIpc) is 2.41. The van der Waals surface area contributed by atoms with Crippen LogP contribution in [0.4, 0.5) is 0 Å². The Labute approximate surface area is 108 Å². The summed E-state index contributed by atoms with van der Waals surface area (Å²) in [5.41, 5.74) is 0.920. The molecule has 0 saturated carbocycles. The van der Waals surface area contributed by atoms with Crippen molar-refractivity contribution in [3.8, 4) is 0 Å². The van der Waals surface area contributed by atoms with Gasteiger partial charge in [0.1, 0.15) is 0 Å². The second-order valence-electron chi connectivity index (χ2n) is 4.65. The van der Waals surface area contributed by atoms with E-state index in [0.29, 0.717) is 0 Å². The summed E-state index contributed by atoms with van der Waals surface area (Å²) in [6, 6.07) is 9.66. The summed E-state index contributed by atoms with van der Waals surface area (Å²) in [7, 11) is 3.67. The quantitative estimate of drug-likeness (QED) is 0.804. The smallest absolute Gasteiger partial charge is 0.256 e. The molecular weight excluding hydrogens is 228 g/mol. The van der Waals surface area contributed by atoms with Gasteiger partial charge in [0.25, 0.3) is 5.91 Å². The maximum absolute atomic E-state index is 12.4. The predicted octanol–water partition coefficient (Wildman–Crippen LogP) is 1.15. The summed E-state index contributed by atoms with van der Waals surface area (Å²) >= 11 is 0. The van der Waals surface area contributed by atoms with Gasteiger partial charge in [0.15, 0.2) is 6.10 Å². The van der Waals surface area contributed by atoms with E-state index in [1.54, 1.807) is 7.11 Å². The molecule has 0 aromatic heterocycles. The molecule has 1 aromatic carbocycles. The monoisotopic (exact) mass is 248 g/mol. The first kappa shape index (κ1) is 13.1. The first-order valence-corrected chi connectivity index (χ1v) is 6.27. The van der Waals surface area contributed by atoms with Gasteiger partial charge >= 0.3 is 0 Å². The number of benzene rings is 1. The number of carbonyl (C=O) groups excluding carboxylic acids is 1. The molecule has 0 unspecified atom stereocenters. The predicted molar refractivity (Wildman–Crippen MR) is 70.3 cm³/mol. The first-order valence-electron chi connectivity index (χ1n) is 6.27. The first-order chi connectivity index (χ1) is 8.72. The lowest BCUT2D eigenvalue weighted by Crippen LogP contribution is -2.48. The summed E-state index contributed by atoms with van der Waals surface area (Å²) in [5.74, 6) is 0.0665. The fraction of sp³-hybridized carbons (Fsp3) is 0.500. The van der Waals surface area contributed by atoms with Gasteiger partial charge in [-0.3, -0.25) is 4.79 Å². The molecule has 4 heteroatoms. The van der Waals surface area contributed by atoms with Crippen LogP contribution in [0.1, 0.15) is 11.7 Å². The van der Waals surface area contributed by atoms with Crippen LogP contribution < -0.4 is 0 Å². The van der Waals surface area contributed by atoms with Gasteiger partial charge in [-0.2, -0.15) is 0 Å². The largest absolute Gasteiger partial charge is 0.367 e. The van der Waals surface area contributed by atoms with Crippen LogP contribution in [0.3, 0.4) is 0 Å². The molecule has 1 aliphatic rings. The average molecular weight is 248 g/mol. The van der Waals surface area contributed by atoms with Gasteiger partial charge in [-0.05, 0) is 12.6 Å². The highest BCUT2D eigenvalue weighted by atomic mass is 16.5. The van der Waals surface area contributed by atoms with Crippen LogP contribution in [-0.2, 0) is 9.53 Å². The highest BCUT2D eigenvalue weighted by molar-refractivity contribution is 5.82. The Morgan fingerprint density at radius 3 is 2.33 bits per heavy atom. The van der Waals surface area contributed by atoms with Gasteiger partial charge in [0, 0.05) is 33.3 Å². The molecule has 0 aliphatic carbocycles. The molecule has 18 heavy (non-hydrogen) atoms. The molecule has 1 amide bonds. The van der Waals surface area contributed by atoms with Crippen molar-refractivity contribution in [2.75, 3.05) is 40.3 Å². The highest BCUT2D eigenvalue weighted by Gasteiger charge is 2.27. The number of nitrogens with zero attached hydrogens (tertiary/aromatic N) is 2. The number of piperazine rings is 1. The molecule has 1 aliphatic heterocycles. The third kappa shape index (κ3) is 2.89. The van der Waals surface area contributed by atoms with E-state index in [1.807, 2.05) is 35.2 Å². The highest BCUT2D eigenvalue weighted by Crippen LogP contribution is 2.19. The fourth-order valence-electron chi connectivity index (χ4n) is 2.20. The van der Waals surface area contributed by atoms with Gasteiger partial charge in [-0.25, -0.2) is 0 Å². The van der Waals surface area contributed by atoms with E-state index in [4.69, 9.17) is 4.74 Å². The Hall–Kier alpha value is -1.39. The maximum atomic E-state index is 12.4. The van der Waals surface area contributed by atoms with E-state index in [1.165, 1.54) is 0 Å². The van der Waals surface area contributed by atoms with Crippen LogP contribution in [0.5, 0.6) is 0 Å². The number of likely N-dealkylation sites (N-methyl/N-ethyl adjacent to an activating group) is 1. The molecule has 0 bridgehead atoms. The second kappa shape index (κ2) is 5.98. The zero-order valence-electron chi connectivity index (χ0n) is 11.0.